The average molecular weight is 349 g/mol. The second-order valence-electron chi connectivity index (χ2n) is 7.13. The Balaban J connectivity index is 1.33. The highest BCUT2D eigenvalue weighted by molar-refractivity contribution is 5.83. The SMILES string of the molecule is c1ccc2c(CCNc3ccnc(NC4CCCCCC4)n3)c[nH]c2c1. The van der Waals surface area contributed by atoms with E-state index in [1.54, 1.807) is 0 Å². The van der Waals surface area contributed by atoms with Crippen LogP contribution in [0.1, 0.15) is 44.1 Å². The lowest BCUT2D eigenvalue weighted by Crippen LogP contribution is -2.20. The first-order valence-corrected chi connectivity index (χ1v) is 9.77. The molecule has 26 heavy (non-hydrogen) atoms. The van der Waals surface area contributed by atoms with Crippen molar-refractivity contribution in [1.82, 2.24) is 15.0 Å². The summed E-state index contributed by atoms with van der Waals surface area (Å²) in [6.45, 7) is 0.849. The molecule has 1 saturated carbocycles. The van der Waals surface area contributed by atoms with Gasteiger partial charge in [-0.25, -0.2) is 4.98 Å². The Bertz CT molecular complexity index is 833. The van der Waals surface area contributed by atoms with E-state index in [1.165, 1.54) is 55.0 Å². The topological polar surface area (TPSA) is 65.6 Å². The highest BCUT2D eigenvalue weighted by Crippen LogP contribution is 2.20. The molecule has 0 aliphatic heterocycles. The summed E-state index contributed by atoms with van der Waals surface area (Å²) in [5.74, 6) is 1.63. The molecule has 1 aromatic carbocycles. The van der Waals surface area contributed by atoms with E-state index < -0.39 is 0 Å². The van der Waals surface area contributed by atoms with Gasteiger partial charge in [-0.2, -0.15) is 4.98 Å². The van der Waals surface area contributed by atoms with Crippen LogP contribution in [0.15, 0.2) is 42.7 Å². The normalized spacial score (nSPS) is 15.7. The fourth-order valence-corrected chi connectivity index (χ4v) is 3.80. The Labute approximate surface area is 154 Å². The van der Waals surface area contributed by atoms with Crippen LogP contribution in [0.4, 0.5) is 11.8 Å². The van der Waals surface area contributed by atoms with Gasteiger partial charge in [0.1, 0.15) is 5.82 Å². The quantitative estimate of drug-likeness (QED) is 0.562. The predicted molar refractivity (Wildman–Crippen MR) is 108 cm³/mol. The first-order chi connectivity index (χ1) is 12.9. The second-order valence-corrected chi connectivity index (χ2v) is 7.13. The highest BCUT2D eigenvalue weighted by atomic mass is 15.1. The third-order valence-corrected chi connectivity index (χ3v) is 5.22. The summed E-state index contributed by atoms with van der Waals surface area (Å²) in [5, 5.41) is 8.25. The summed E-state index contributed by atoms with van der Waals surface area (Å²) in [6.07, 6.45) is 12.7. The molecule has 0 amide bonds. The van der Waals surface area contributed by atoms with Crippen LogP contribution in [0.25, 0.3) is 10.9 Å². The van der Waals surface area contributed by atoms with E-state index in [0.29, 0.717) is 6.04 Å². The van der Waals surface area contributed by atoms with E-state index in [-0.39, 0.29) is 0 Å². The Hall–Kier alpha value is -2.56. The predicted octanol–water partition coefficient (Wildman–Crippen LogP) is 4.75. The molecule has 0 atom stereocenters. The molecule has 2 aromatic heterocycles. The van der Waals surface area contributed by atoms with Crippen LogP contribution in [-0.2, 0) is 6.42 Å². The van der Waals surface area contributed by atoms with Crippen LogP contribution < -0.4 is 10.6 Å². The van der Waals surface area contributed by atoms with Crippen molar-refractivity contribution in [2.45, 2.75) is 51.0 Å². The summed E-state index contributed by atoms with van der Waals surface area (Å²) >= 11 is 0. The van der Waals surface area contributed by atoms with Gasteiger partial charge in [0.15, 0.2) is 0 Å². The number of anilines is 2. The number of para-hydroxylation sites is 1. The molecule has 0 radical (unpaired) electrons. The van der Waals surface area contributed by atoms with E-state index in [1.807, 2.05) is 12.3 Å². The lowest BCUT2D eigenvalue weighted by molar-refractivity contribution is 0.615. The molecule has 0 saturated heterocycles. The molecule has 1 aliphatic rings. The number of aromatic amines is 1. The lowest BCUT2D eigenvalue weighted by atomic mass is 10.1. The molecular formula is C21H27N5. The minimum Gasteiger partial charge on any atom is -0.370 e. The van der Waals surface area contributed by atoms with Gasteiger partial charge in [-0.3, -0.25) is 0 Å². The summed E-state index contributed by atoms with van der Waals surface area (Å²) < 4.78 is 0. The summed E-state index contributed by atoms with van der Waals surface area (Å²) in [6, 6.07) is 10.9. The molecule has 0 spiro atoms. The number of hydrogen-bond acceptors (Lipinski definition) is 4. The highest BCUT2D eigenvalue weighted by Gasteiger charge is 2.13. The van der Waals surface area contributed by atoms with Gasteiger partial charge in [0.2, 0.25) is 5.95 Å². The minimum atomic E-state index is 0.513. The molecule has 1 aliphatic carbocycles. The first kappa shape index (κ1) is 16.9. The van der Waals surface area contributed by atoms with Crippen molar-refractivity contribution in [3.05, 3.63) is 48.3 Å². The Morgan fingerprint density at radius 3 is 2.77 bits per heavy atom. The van der Waals surface area contributed by atoms with Gasteiger partial charge in [0.25, 0.3) is 0 Å². The number of benzene rings is 1. The standard InChI is InChI=1S/C21H27N5/c1-2-4-8-17(7-3-1)25-21-23-14-12-20(26-21)22-13-11-16-15-24-19-10-6-5-9-18(16)19/h5-6,9-10,12,14-15,17,24H,1-4,7-8,11,13H2,(H2,22,23,25,26). The largest absolute Gasteiger partial charge is 0.370 e. The number of aromatic nitrogens is 3. The van der Waals surface area contributed by atoms with Gasteiger partial charge in [-0.15, -0.1) is 0 Å². The zero-order valence-electron chi connectivity index (χ0n) is 15.2. The number of rotatable bonds is 6. The van der Waals surface area contributed by atoms with Crippen molar-refractivity contribution in [2.75, 3.05) is 17.2 Å². The van der Waals surface area contributed by atoms with E-state index in [2.05, 4.69) is 56.0 Å². The molecule has 136 valence electrons. The molecule has 5 nitrogen and oxygen atoms in total. The maximum absolute atomic E-state index is 4.64. The maximum Gasteiger partial charge on any atom is 0.224 e. The fourth-order valence-electron chi connectivity index (χ4n) is 3.80. The summed E-state index contributed by atoms with van der Waals surface area (Å²) in [4.78, 5) is 12.4. The van der Waals surface area contributed by atoms with Gasteiger partial charge in [-0.1, -0.05) is 43.9 Å². The van der Waals surface area contributed by atoms with Crippen LogP contribution >= 0.6 is 0 Å². The monoisotopic (exact) mass is 349 g/mol. The Morgan fingerprint density at radius 2 is 1.88 bits per heavy atom. The molecular weight excluding hydrogens is 322 g/mol. The van der Waals surface area contributed by atoms with Gasteiger partial charge in [-0.05, 0) is 37.0 Å². The smallest absolute Gasteiger partial charge is 0.224 e. The van der Waals surface area contributed by atoms with Crippen LogP contribution in [-0.4, -0.2) is 27.5 Å². The molecule has 1 fully saturated rings. The van der Waals surface area contributed by atoms with Crippen LogP contribution in [0.5, 0.6) is 0 Å². The second kappa shape index (κ2) is 8.21. The first-order valence-electron chi connectivity index (χ1n) is 9.77. The van der Waals surface area contributed by atoms with Crippen molar-refractivity contribution in [2.24, 2.45) is 0 Å². The van der Waals surface area contributed by atoms with Crippen molar-refractivity contribution in [1.29, 1.82) is 0 Å². The number of fused-ring (bicyclic) bond motifs is 1. The molecule has 5 heteroatoms. The number of nitrogens with one attached hydrogen (secondary N) is 3. The van der Waals surface area contributed by atoms with E-state index >= 15 is 0 Å². The van der Waals surface area contributed by atoms with Crippen LogP contribution in [0.3, 0.4) is 0 Å². The van der Waals surface area contributed by atoms with Crippen LogP contribution in [0, 0.1) is 0 Å². The fraction of sp³-hybridized carbons (Fsp3) is 0.429. The van der Waals surface area contributed by atoms with Crippen molar-refractivity contribution >= 4 is 22.7 Å². The van der Waals surface area contributed by atoms with E-state index in [0.717, 1.165) is 24.7 Å². The molecule has 3 aromatic rings. The van der Waals surface area contributed by atoms with Gasteiger partial charge in [0, 0.05) is 35.9 Å². The van der Waals surface area contributed by atoms with Gasteiger partial charge >= 0.3 is 0 Å². The van der Waals surface area contributed by atoms with E-state index in [9.17, 15) is 0 Å². The molecule has 0 bridgehead atoms. The third-order valence-electron chi connectivity index (χ3n) is 5.22. The zero-order valence-corrected chi connectivity index (χ0v) is 15.2. The van der Waals surface area contributed by atoms with Crippen molar-refractivity contribution in [3.8, 4) is 0 Å². The number of nitrogens with zero attached hydrogens (tertiary/aromatic N) is 2. The minimum absolute atomic E-state index is 0.513. The van der Waals surface area contributed by atoms with Crippen LogP contribution in [0.2, 0.25) is 0 Å². The Morgan fingerprint density at radius 1 is 1.04 bits per heavy atom. The zero-order chi connectivity index (χ0) is 17.6. The van der Waals surface area contributed by atoms with Gasteiger partial charge in [0.05, 0.1) is 0 Å². The average Bonchev–Trinajstić information content (AvgIpc) is 2.90. The summed E-state index contributed by atoms with van der Waals surface area (Å²) in [7, 11) is 0. The number of H-pyrrole nitrogens is 1. The molecule has 0 unspecified atom stereocenters. The lowest BCUT2D eigenvalue weighted by Gasteiger charge is -2.16. The third kappa shape index (κ3) is 4.15. The maximum atomic E-state index is 4.64. The molecule has 3 N–H and O–H groups in total. The number of hydrogen-bond donors (Lipinski definition) is 3. The summed E-state index contributed by atoms with van der Waals surface area (Å²) in [5.41, 5.74) is 2.53. The van der Waals surface area contributed by atoms with E-state index in [4.69, 9.17) is 0 Å². The molecule has 2 heterocycles. The van der Waals surface area contributed by atoms with Gasteiger partial charge < -0.3 is 15.6 Å². The Kier molecular flexibility index (Phi) is 5.33. The van der Waals surface area contributed by atoms with Crippen molar-refractivity contribution < 1.29 is 0 Å². The molecule has 4 rings (SSSR count). The van der Waals surface area contributed by atoms with Crippen molar-refractivity contribution in [3.63, 3.8) is 0 Å².